The molecule has 202 valence electrons. The molecular weight excluding hydrogens is 486 g/mol. The van der Waals surface area contributed by atoms with Gasteiger partial charge in [0.25, 0.3) is 0 Å². The molecule has 2 aliphatic heterocycles. The van der Waals surface area contributed by atoms with Crippen LogP contribution in [0, 0.1) is 0 Å². The Morgan fingerprint density at radius 1 is 1.16 bits per heavy atom. The lowest BCUT2D eigenvalue weighted by molar-refractivity contribution is -0.286. The standard InChI is InChI=1S/C27H34F2N2O6/c1-4-17(14-25(32)33)18-5-7-22(31(16-26(2,3)34)20-9-11-35-12-10-20)21(13-18)30-19-6-8-23-24(15-19)37-27(28,29)36-23/h5-8,13,15,17,20,30,34H,4,9-12,14,16H2,1-3H3,(H,32,33)/t17-/m1/s1. The van der Waals surface area contributed by atoms with Crippen molar-refractivity contribution in [2.24, 2.45) is 0 Å². The van der Waals surface area contributed by atoms with Gasteiger partial charge < -0.3 is 34.6 Å². The molecule has 0 radical (unpaired) electrons. The summed E-state index contributed by atoms with van der Waals surface area (Å²) in [5.74, 6) is -1.22. The van der Waals surface area contributed by atoms with E-state index in [1.165, 1.54) is 12.1 Å². The molecule has 10 heteroatoms. The number of anilines is 3. The minimum absolute atomic E-state index is 0.0122. The number of hydrogen-bond donors (Lipinski definition) is 3. The maximum Gasteiger partial charge on any atom is 0.586 e. The van der Waals surface area contributed by atoms with Crippen LogP contribution < -0.4 is 19.7 Å². The van der Waals surface area contributed by atoms with Gasteiger partial charge in [-0.15, -0.1) is 8.78 Å². The molecule has 3 N–H and O–H groups in total. The molecule has 2 aromatic carbocycles. The van der Waals surface area contributed by atoms with Gasteiger partial charge in [0, 0.05) is 37.6 Å². The third-order valence-electron chi connectivity index (χ3n) is 6.58. The summed E-state index contributed by atoms with van der Waals surface area (Å²) in [6, 6.07) is 10.3. The number of carbonyl (C=O) groups is 1. The lowest BCUT2D eigenvalue weighted by Crippen LogP contribution is -2.47. The van der Waals surface area contributed by atoms with E-state index in [0.29, 0.717) is 37.6 Å². The Kier molecular flexibility index (Phi) is 7.80. The number of nitrogens with zero attached hydrogens (tertiary/aromatic N) is 1. The first-order valence-electron chi connectivity index (χ1n) is 12.5. The second-order valence-electron chi connectivity index (χ2n) is 10.2. The highest BCUT2D eigenvalue weighted by Crippen LogP contribution is 2.44. The number of nitrogens with one attached hydrogen (secondary N) is 1. The number of aliphatic carboxylic acids is 1. The first kappa shape index (κ1) is 26.9. The van der Waals surface area contributed by atoms with Crippen molar-refractivity contribution < 1.29 is 38.0 Å². The summed E-state index contributed by atoms with van der Waals surface area (Å²) >= 11 is 0. The van der Waals surface area contributed by atoms with Crippen molar-refractivity contribution in [2.45, 2.75) is 70.3 Å². The zero-order valence-electron chi connectivity index (χ0n) is 21.3. The quantitative estimate of drug-likeness (QED) is 0.379. The fourth-order valence-corrected chi connectivity index (χ4v) is 4.87. The molecule has 8 nitrogen and oxygen atoms in total. The molecule has 0 unspecified atom stereocenters. The number of carboxylic acids is 1. The largest absolute Gasteiger partial charge is 0.586 e. The number of rotatable bonds is 10. The van der Waals surface area contributed by atoms with Gasteiger partial charge in [-0.1, -0.05) is 13.0 Å². The van der Waals surface area contributed by atoms with Gasteiger partial charge in [-0.3, -0.25) is 4.79 Å². The molecule has 2 aromatic rings. The van der Waals surface area contributed by atoms with Gasteiger partial charge in [0.1, 0.15) is 0 Å². The monoisotopic (exact) mass is 520 g/mol. The molecule has 0 bridgehead atoms. The van der Waals surface area contributed by atoms with Crippen LogP contribution >= 0.6 is 0 Å². The molecule has 0 spiro atoms. The highest BCUT2D eigenvalue weighted by Gasteiger charge is 2.43. The normalized spacial score (nSPS) is 17.9. The fourth-order valence-electron chi connectivity index (χ4n) is 4.87. The number of aliphatic hydroxyl groups is 1. The molecule has 0 aliphatic carbocycles. The predicted octanol–water partition coefficient (Wildman–Crippen LogP) is 5.48. The predicted molar refractivity (Wildman–Crippen MR) is 135 cm³/mol. The van der Waals surface area contributed by atoms with Crippen molar-refractivity contribution in [3.8, 4) is 11.5 Å². The summed E-state index contributed by atoms with van der Waals surface area (Å²) in [5, 5.41) is 23.5. The van der Waals surface area contributed by atoms with Crippen LogP contribution in [-0.2, 0) is 9.53 Å². The van der Waals surface area contributed by atoms with E-state index in [2.05, 4.69) is 19.7 Å². The minimum atomic E-state index is -3.72. The number of ether oxygens (including phenoxy) is 3. The second kappa shape index (κ2) is 10.7. The topological polar surface area (TPSA) is 100 Å². The van der Waals surface area contributed by atoms with Crippen LogP contribution in [0.4, 0.5) is 25.8 Å². The molecule has 0 amide bonds. The van der Waals surface area contributed by atoms with Crippen LogP contribution in [0.5, 0.6) is 11.5 Å². The molecule has 37 heavy (non-hydrogen) atoms. The minimum Gasteiger partial charge on any atom is -0.481 e. The van der Waals surface area contributed by atoms with E-state index < -0.39 is 17.9 Å². The van der Waals surface area contributed by atoms with Crippen LogP contribution in [0.2, 0.25) is 0 Å². The summed E-state index contributed by atoms with van der Waals surface area (Å²) < 4.78 is 41.8. The second-order valence-corrected chi connectivity index (χ2v) is 10.2. The maximum absolute atomic E-state index is 13.6. The van der Waals surface area contributed by atoms with Gasteiger partial charge in [0.15, 0.2) is 11.5 Å². The molecule has 2 aliphatic rings. The number of fused-ring (bicyclic) bond motifs is 1. The SMILES string of the molecule is CC[C@H](CC(=O)O)c1ccc(N(CC(C)(C)O)C2CCOCC2)c(Nc2ccc3c(c2)OC(F)(F)O3)c1. The van der Waals surface area contributed by atoms with E-state index in [4.69, 9.17) is 4.74 Å². The highest BCUT2D eigenvalue weighted by molar-refractivity contribution is 5.78. The van der Waals surface area contributed by atoms with Crippen LogP contribution in [0.25, 0.3) is 0 Å². The number of carboxylic acid groups (broad SMARTS) is 1. The van der Waals surface area contributed by atoms with Gasteiger partial charge in [0.2, 0.25) is 0 Å². The molecule has 4 rings (SSSR count). The Morgan fingerprint density at radius 3 is 2.51 bits per heavy atom. The Labute approximate surface area is 215 Å². The molecular formula is C27H34F2N2O6. The summed E-state index contributed by atoms with van der Waals surface area (Å²) in [7, 11) is 0. The number of alkyl halides is 2. The summed E-state index contributed by atoms with van der Waals surface area (Å²) in [6.07, 6.45) is -1.52. The van der Waals surface area contributed by atoms with Crippen molar-refractivity contribution in [3.05, 3.63) is 42.0 Å². The first-order chi connectivity index (χ1) is 17.4. The Hall–Kier alpha value is -3.11. The van der Waals surface area contributed by atoms with Gasteiger partial charge in [-0.05, 0) is 68.9 Å². The average Bonchev–Trinajstić information content (AvgIpc) is 3.14. The van der Waals surface area contributed by atoms with E-state index >= 15 is 0 Å². The van der Waals surface area contributed by atoms with Crippen LogP contribution in [-0.4, -0.2) is 53.9 Å². The van der Waals surface area contributed by atoms with Crippen molar-refractivity contribution in [1.29, 1.82) is 0 Å². The van der Waals surface area contributed by atoms with Crippen molar-refractivity contribution in [3.63, 3.8) is 0 Å². The molecule has 2 heterocycles. The highest BCUT2D eigenvalue weighted by atomic mass is 19.3. The van der Waals surface area contributed by atoms with E-state index in [0.717, 1.165) is 24.1 Å². The smallest absolute Gasteiger partial charge is 0.481 e. The summed E-state index contributed by atoms with van der Waals surface area (Å²) in [4.78, 5) is 13.6. The van der Waals surface area contributed by atoms with E-state index in [1.54, 1.807) is 19.9 Å². The molecule has 1 saturated heterocycles. The van der Waals surface area contributed by atoms with Crippen LogP contribution in [0.1, 0.15) is 57.9 Å². The zero-order valence-corrected chi connectivity index (χ0v) is 21.3. The third-order valence-corrected chi connectivity index (χ3v) is 6.58. The lowest BCUT2D eigenvalue weighted by Gasteiger charge is -2.40. The number of halogens is 2. The number of benzene rings is 2. The number of hydrogen-bond acceptors (Lipinski definition) is 7. The maximum atomic E-state index is 13.6. The van der Waals surface area contributed by atoms with E-state index in [1.807, 2.05) is 25.1 Å². The average molecular weight is 521 g/mol. The molecule has 0 aromatic heterocycles. The Bertz CT molecular complexity index is 1110. The van der Waals surface area contributed by atoms with Crippen LogP contribution in [0.3, 0.4) is 0 Å². The van der Waals surface area contributed by atoms with Crippen molar-refractivity contribution in [1.82, 2.24) is 0 Å². The Balaban J connectivity index is 1.75. The molecule has 1 fully saturated rings. The lowest BCUT2D eigenvalue weighted by atomic mass is 9.92. The summed E-state index contributed by atoms with van der Waals surface area (Å²) in [5.41, 5.74) is 1.83. The molecule has 1 atom stereocenters. The first-order valence-corrected chi connectivity index (χ1v) is 12.5. The Morgan fingerprint density at radius 2 is 1.86 bits per heavy atom. The van der Waals surface area contributed by atoms with Gasteiger partial charge in [-0.2, -0.15) is 0 Å². The van der Waals surface area contributed by atoms with E-state index in [9.17, 15) is 23.8 Å². The zero-order chi connectivity index (χ0) is 26.8. The molecule has 0 saturated carbocycles. The van der Waals surface area contributed by atoms with Crippen molar-refractivity contribution >= 4 is 23.0 Å². The van der Waals surface area contributed by atoms with Crippen molar-refractivity contribution in [2.75, 3.05) is 30.0 Å². The summed E-state index contributed by atoms with van der Waals surface area (Å²) in [6.45, 7) is 7.01. The van der Waals surface area contributed by atoms with E-state index in [-0.39, 0.29) is 29.9 Å². The fraction of sp³-hybridized carbons (Fsp3) is 0.519. The van der Waals surface area contributed by atoms with Crippen LogP contribution in [0.15, 0.2) is 36.4 Å². The van der Waals surface area contributed by atoms with Gasteiger partial charge in [-0.25, -0.2) is 0 Å². The third kappa shape index (κ3) is 6.81. The van der Waals surface area contributed by atoms with Gasteiger partial charge >= 0.3 is 12.3 Å². The van der Waals surface area contributed by atoms with Gasteiger partial charge in [0.05, 0.1) is 23.4 Å².